The van der Waals surface area contributed by atoms with E-state index in [0.29, 0.717) is 23.7 Å². The number of amides is 1. The fourth-order valence-corrected chi connectivity index (χ4v) is 1.48. The molecule has 0 aliphatic carbocycles. The lowest BCUT2D eigenvalue weighted by atomic mass is 10.2. The van der Waals surface area contributed by atoms with Crippen LogP contribution in [0, 0.1) is 0 Å². The first-order valence-corrected chi connectivity index (χ1v) is 6.19. The summed E-state index contributed by atoms with van der Waals surface area (Å²) in [6, 6.07) is 4.95. The molecule has 1 N–H and O–H groups in total. The maximum absolute atomic E-state index is 11.9. The topological polar surface area (TPSA) is 47.6 Å². The van der Waals surface area contributed by atoms with Crippen molar-refractivity contribution in [2.75, 3.05) is 20.3 Å². The van der Waals surface area contributed by atoms with Crippen LogP contribution in [0.5, 0.6) is 11.5 Å². The Morgan fingerprint density at radius 1 is 1.33 bits per heavy atom. The molecular weight excluding hydrogens is 287 g/mol. The number of carbonyl (C=O) groups excluding carboxylic acids is 1. The predicted octanol–water partition coefficient (Wildman–Crippen LogP) is 2.79. The third-order valence-electron chi connectivity index (χ3n) is 2.38. The second-order valence-electron chi connectivity index (χ2n) is 4.01. The first-order valence-electron chi connectivity index (χ1n) is 6.19. The average Bonchev–Trinajstić information content (AvgIpc) is 2.42. The van der Waals surface area contributed by atoms with Crippen molar-refractivity contribution < 1.29 is 27.4 Å². The Labute approximate surface area is 120 Å². The van der Waals surface area contributed by atoms with E-state index in [4.69, 9.17) is 9.47 Å². The van der Waals surface area contributed by atoms with Gasteiger partial charge in [0.05, 0.1) is 13.7 Å². The molecule has 0 fully saturated rings. The molecule has 0 saturated carbocycles. The molecule has 4 nitrogen and oxygen atoms in total. The zero-order valence-electron chi connectivity index (χ0n) is 11.7. The minimum atomic E-state index is -4.42. The highest BCUT2D eigenvalue weighted by molar-refractivity contribution is 5.91. The summed E-state index contributed by atoms with van der Waals surface area (Å²) >= 11 is 0. The summed E-state index contributed by atoms with van der Waals surface area (Å²) in [5.41, 5.74) is 0.612. The molecule has 1 aromatic carbocycles. The summed E-state index contributed by atoms with van der Waals surface area (Å²) in [6.45, 7) is 0.894. The summed E-state index contributed by atoms with van der Waals surface area (Å²) in [6.07, 6.45) is -2.00. The molecule has 21 heavy (non-hydrogen) atoms. The van der Waals surface area contributed by atoms with Gasteiger partial charge in [0.15, 0.2) is 11.5 Å². The highest BCUT2D eigenvalue weighted by Crippen LogP contribution is 2.28. The monoisotopic (exact) mass is 303 g/mol. The summed E-state index contributed by atoms with van der Waals surface area (Å²) in [5.74, 6) is 0.217. The normalized spacial score (nSPS) is 11.5. The van der Waals surface area contributed by atoms with E-state index in [1.165, 1.54) is 13.2 Å². The average molecular weight is 303 g/mol. The van der Waals surface area contributed by atoms with Gasteiger partial charge in [0.2, 0.25) is 5.91 Å². The number of hydrogen-bond donors (Lipinski definition) is 1. The molecule has 1 amide bonds. The quantitative estimate of drug-likeness (QED) is 0.822. The molecule has 0 aliphatic rings. The molecule has 1 rings (SSSR count). The van der Waals surface area contributed by atoms with E-state index in [2.05, 4.69) is 0 Å². The van der Waals surface area contributed by atoms with Crippen LogP contribution in [0.15, 0.2) is 24.3 Å². The number of ether oxygens (including phenoxy) is 2. The van der Waals surface area contributed by atoms with Gasteiger partial charge in [0.25, 0.3) is 0 Å². The molecule has 0 unspecified atom stereocenters. The van der Waals surface area contributed by atoms with E-state index in [-0.39, 0.29) is 0 Å². The third-order valence-corrected chi connectivity index (χ3v) is 2.38. The second-order valence-corrected chi connectivity index (χ2v) is 4.01. The maximum Gasteiger partial charge on any atom is 0.405 e. The van der Waals surface area contributed by atoms with Crippen LogP contribution in [0.3, 0.4) is 0 Å². The van der Waals surface area contributed by atoms with E-state index in [0.717, 1.165) is 6.08 Å². The minimum absolute atomic E-state index is 0.440. The standard InChI is InChI=1S/C14H16F3NO3/c1-3-21-12-8-10(4-6-11(12)20-2)5-7-13(19)18-9-14(15,16)17/h4-8H,3,9H2,1-2H3,(H,18,19)/b7-5+. The van der Waals surface area contributed by atoms with Crippen molar-refractivity contribution in [3.8, 4) is 11.5 Å². The number of benzene rings is 1. The molecule has 1 aromatic rings. The Kier molecular flexibility index (Phi) is 6.08. The van der Waals surface area contributed by atoms with Gasteiger partial charge in [-0.1, -0.05) is 6.07 Å². The van der Waals surface area contributed by atoms with Gasteiger partial charge in [-0.3, -0.25) is 4.79 Å². The zero-order chi connectivity index (χ0) is 15.9. The Morgan fingerprint density at radius 3 is 2.62 bits per heavy atom. The Balaban J connectivity index is 2.71. The van der Waals surface area contributed by atoms with Gasteiger partial charge in [-0.05, 0) is 30.7 Å². The molecule has 7 heteroatoms. The van der Waals surface area contributed by atoms with Crippen LogP contribution in [0.2, 0.25) is 0 Å². The van der Waals surface area contributed by atoms with Gasteiger partial charge in [-0.15, -0.1) is 0 Å². The molecule has 0 heterocycles. The highest BCUT2D eigenvalue weighted by atomic mass is 19.4. The van der Waals surface area contributed by atoms with Crippen LogP contribution >= 0.6 is 0 Å². The molecule has 0 spiro atoms. The molecular formula is C14H16F3NO3. The van der Waals surface area contributed by atoms with Crippen LogP contribution in [0.25, 0.3) is 6.08 Å². The lowest BCUT2D eigenvalue weighted by Crippen LogP contribution is -2.32. The largest absolute Gasteiger partial charge is 0.493 e. The van der Waals surface area contributed by atoms with Crippen LogP contribution in [-0.2, 0) is 4.79 Å². The van der Waals surface area contributed by atoms with E-state index in [1.54, 1.807) is 23.5 Å². The summed E-state index contributed by atoms with van der Waals surface area (Å²) in [5, 5.41) is 1.75. The second kappa shape index (κ2) is 7.56. The summed E-state index contributed by atoms with van der Waals surface area (Å²) in [4.78, 5) is 11.2. The number of rotatable bonds is 6. The fourth-order valence-electron chi connectivity index (χ4n) is 1.48. The van der Waals surface area contributed by atoms with Gasteiger partial charge in [0.1, 0.15) is 6.54 Å². The van der Waals surface area contributed by atoms with Crippen molar-refractivity contribution in [1.82, 2.24) is 5.32 Å². The van der Waals surface area contributed by atoms with Crippen LogP contribution in [-0.4, -0.2) is 32.3 Å². The first kappa shape index (κ1) is 16.9. The summed E-state index contributed by atoms with van der Waals surface area (Å²) in [7, 11) is 1.50. The van der Waals surface area contributed by atoms with Crippen molar-refractivity contribution in [2.45, 2.75) is 13.1 Å². The van der Waals surface area contributed by atoms with Crippen LogP contribution in [0.4, 0.5) is 13.2 Å². The van der Waals surface area contributed by atoms with E-state index in [1.807, 2.05) is 6.92 Å². The molecule has 0 radical (unpaired) electrons. The molecule has 116 valence electrons. The van der Waals surface area contributed by atoms with Gasteiger partial charge in [-0.25, -0.2) is 0 Å². The molecule has 0 atom stereocenters. The number of alkyl halides is 3. The fraction of sp³-hybridized carbons (Fsp3) is 0.357. The maximum atomic E-state index is 11.9. The SMILES string of the molecule is CCOc1cc(/C=C/C(=O)NCC(F)(F)F)ccc1OC. The lowest BCUT2D eigenvalue weighted by molar-refractivity contribution is -0.135. The van der Waals surface area contributed by atoms with Gasteiger partial charge >= 0.3 is 6.18 Å². The van der Waals surface area contributed by atoms with Crippen molar-refractivity contribution in [3.05, 3.63) is 29.8 Å². The number of carbonyl (C=O) groups is 1. The van der Waals surface area contributed by atoms with Crippen LogP contribution < -0.4 is 14.8 Å². The number of hydrogen-bond acceptors (Lipinski definition) is 3. The number of methoxy groups -OCH3 is 1. The Hall–Kier alpha value is -2.18. The predicted molar refractivity (Wildman–Crippen MR) is 72.3 cm³/mol. The van der Waals surface area contributed by atoms with E-state index < -0.39 is 18.6 Å². The van der Waals surface area contributed by atoms with E-state index >= 15 is 0 Å². The lowest BCUT2D eigenvalue weighted by Gasteiger charge is -2.09. The third kappa shape index (κ3) is 6.20. The van der Waals surface area contributed by atoms with Crippen molar-refractivity contribution >= 4 is 12.0 Å². The van der Waals surface area contributed by atoms with Gasteiger partial charge in [0, 0.05) is 6.08 Å². The van der Waals surface area contributed by atoms with Gasteiger partial charge < -0.3 is 14.8 Å². The molecule has 0 saturated heterocycles. The molecule has 0 aliphatic heterocycles. The summed E-state index contributed by atoms with van der Waals surface area (Å²) < 4.78 is 46.3. The van der Waals surface area contributed by atoms with Crippen molar-refractivity contribution in [2.24, 2.45) is 0 Å². The number of nitrogens with one attached hydrogen (secondary N) is 1. The van der Waals surface area contributed by atoms with Gasteiger partial charge in [-0.2, -0.15) is 13.2 Å². The van der Waals surface area contributed by atoms with Crippen LogP contribution in [0.1, 0.15) is 12.5 Å². The smallest absolute Gasteiger partial charge is 0.405 e. The Morgan fingerprint density at radius 2 is 2.05 bits per heavy atom. The van der Waals surface area contributed by atoms with Crippen molar-refractivity contribution in [3.63, 3.8) is 0 Å². The Bertz CT molecular complexity index is 513. The molecule has 0 aromatic heterocycles. The minimum Gasteiger partial charge on any atom is -0.493 e. The highest BCUT2D eigenvalue weighted by Gasteiger charge is 2.27. The molecule has 0 bridgehead atoms. The van der Waals surface area contributed by atoms with E-state index in [9.17, 15) is 18.0 Å². The zero-order valence-corrected chi connectivity index (χ0v) is 11.7. The first-order chi connectivity index (χ1) is 9.85. The number of halogens is 3. The van der Waals surface area contributed by atoms with Crippen molar-refractivity contribution in [1.29, 1.82) is 0 Å².